The molecular weight excluding hydrogens is 214 g/mol. The lowest BCUT2D eigenvalue weighted by molar-refractivity contribution is 0.995. The fourth-order valence-electron chi connectivity index (χ4n) is 1.00. The minimum absolute atomic E-state index is 0.370. The third kappa shape index (κ3) is 3.50. The second-order valence-corrected chi connectivity index (χ2v) is 3.11. The van der Waals surface area contributed by atoms with E-state index in [1.165, 1.54) is 0 Å². The number of nitrogens with two attached hydrogens (primary N) is 1. The molecule has 0 aliphatic rings. The smallest absolute Gasteiger partial charge is 0.138 e. The number of azide groups is 1. The number of rotatable bonds is 4. The Morgan fingerprint density at radius 2 is 2.47 bits per heavy atom. The SMILES string of the molecule is [N-]=[N+]=NCCC=Cc1c(N)ccnc1Cl. The molecule has 0 unspecified atom stereocenters. The van der Waals surface area contributed by atoms with E-state index in [2.05, 4.69) is 15.0 Å². The van der Waals surface area contributed by atoms with Crippen molar-refractivity contribution in [3.05, 3.63) is 39.5 Å². The molecule has 1 aromatic rings. The van der Waals surface area contributed by atoms with Gasteiger partial charge in [-0.2, -0.15) is 0 Å². The summed E-state index contributed by atoms with van der Waals surface area (Å²) in [7, 11) is 0. The second-order valence-electron chi connectivity index (χ2n) is 2.75. The summed E-state index contributed by atoms with van der Waals surface area (Å²) in [5, 5.41) is 3.77. The first-order valence-corrected chi connectivity index (χ1v) is 4.71. The quantitative estimate of drug-likeness (QED) is 0.280. The Morgan fingerprint density at radius 1 is 1.67 bits per heavy atom. The molecule has 0 saturated heterocycles. The molecule has 78 valence electrons. The predicted octanol–water partition coefficient (Wildman–Crippen LogP) is 3.03. The first-order chi connectivity index (χ1) is 7.25. The van der Waals surface area contributed by atoms with Gasteiger partial charge in [-0.05, 0) is 18.0 Å². The molecule has 0 bridgehead atoms. The van der Waals surface area contributed by atoms with Crippen LogP contribution in [0.4, 0.5) is 5.69 Å². The van der Waals surface area contributed by atoms with Gasteiger partial charge in [-0.3, -0.25) is 0 Å². The zero-order valence-corrected chi connectivity index (χ0v) is 8.72. The van der Waals surface area contributed by atoms with Crippen molar-refractivity contribution < 1.29 is 0 Å². The molecule has 0 aromatic carbocycles. The first kappa shape index (κ1) is 11.4. The molecule has 1 aromatic heterocycles. The van der Waals surface area contributed by atoms with E-state index < -0.39 is 0 Å². The molecule has 15 heavy (non-hydrogen) atoms. The number of nitrogen functional groups attached to an aromatic ring is 1. The maximum Gasteiger partial charge on any atom is 0.138 e. The summed E-state index contributed by atoms with van der Waals surface area (Å²) in [5.74, 6) is 0. The lowest BCUT2D eigenvalue weighted by Gasteiger charge is -2.00. The largest absolute Gasteiger partial charge is 0.398 e. The summed E-state index contributed by atoms with van der Waals surface area (Å²) in [6.45, 7) is 0.421. The Balaban J connectivity index is 2.67. The van der Waals surface area contributed by atoms with Crippen LogP contribution in [-0.4, -0.2) is 11.5 Å². The Morgan fingerprint density at radius 3 is 3.13 bits per heavy atom. The van der Waals surface area contributed by atoms with Crippen molar-refractivity contribution in [2.75, 3.05) is 12.3 Å². The van der Waals surface area contributed by atoms with Crippen LogP contribution < -0.4 is 5.73 Å². The van der Waals surface area contributed by atoms with E-state index in [4.69, 9.17) is 22.9 Å². The Bertz CT molecular complexity index is 389. The van der Waals surface area contributed by atoms with Gasteiger partial charge >= 0.3 is 0 Å². The third-order valence-electron chi connectivity index (χ3n) is 1.72. The molecule has 0 atom stereocenters. The minimum Gasteiger partial charge on any atom is -0.398 e. The van der Waals surface area contributed by atoms with E-state index in [1.54, 1.807) is 18.3 Å². The van der Waals surface area contributed by atoms with Gasteiger partial charge in [0.15, 0.2) is 0 Å². The van der Waals surface area contributed by atoms with Crippen molar-refractivity contribution in [2.24, 2.45) is 5.11 Å². The highest BCUT2D eigenvalue weighted by molar-refractivity contribution is 6.31. The predicted molar refractivity (Wildman–Crippen MR) is 61.3 cm³/mol. The normalized spacial score (nSPS) is 10.2. The van der Waals surface area contributed by atoms with E-state index in [9.17, 15) is 0 Å². The van der Waals surface area contributed by atoms with Crippen molar-refractivity contribution >= 4 is 23.4 Å². The van der Waals surface area contributed by atoms with Gasteiger partial charge in [0.1, 0.15) is 5.15 Å². The van der Waals surface area contributed by atoms with Gasteiger partial charge in [-0.15, -0.1) is 0 Å². The molecule has 0 aliphatic carbocycles. The van der Waals surface area contributed by atoms with Crippen LogP contribution in [0.1, 0.15) is 12.0 Å². The summed E-state index contributed by atoms with van der Waals surface area (Å²) in [5.41, 5.74) is 15.0. The van der Waals surface area contributed by atoms with Crippen molar-refractivity contribution in [3.8, 4) is 0 Å². The van der Waals surface area contributed by atoms with E-state index in [1.807, 2.05) is 6.08 Å². The molecule has 2 N–H and O–H groups in total. The zero-order chi connectivity index (χ0) is 11.1. The lowest BCUT2D eigenvalue weighted by Crippen LogP contribution is -1.91. The fraction of sp³-hybridized carbons (Fsp3) is 0.222. The van der Waals surface area contributed by atoms with Gasteiger partial charge in [0.25, 0.3) is 0 Å². The van der Waals surface area contributed by atoms with Crippen molar-refractivity contribution in [2.45, 2.75) is 6.42 Å². The van der Waals surface area contributed by atoms with Crippen molar-refractivity contribution in [1.82, 2.24) is 4.98 Å². The van der Waals surface area contributed by atoms with Crippen LogP contribution in [0.3, 0.4) is 0 Å². The van der Waals surface area contributed by atoms with E-state index in [-0.39, 0.29) is 0 Å². The van der Waals surface area contributed by atoms with Gasteiger partial charge in [-0.25, -0.2) is 4.98 Å². The highest BCUT2D eigenvalue weighted by Gasteiger charge is 2.00. The molecule has 1 heterocycles. The average Bonchev–Trinajstić information content (AvgIpc) is 2.21. The van der Waals surface area contributed by atoms with Crippen LogP contribution in [0.5, 0.6) is 0 Å². The monoisotopic (exact) mass is 223 g/mol. The van der Waals surface area contributed by atoms with E-state index >= 15 is 0 Å². The van der Waals surface area contributed by atoms with Gasteiger partial charge in [0.05, 0.1) is 0 Å². The Labute approximate surface area is 92.2 Å². The van der Waals surface area contributed by atoms with Crippen LogP contribution >= 0.6 is 11.6 Å². The summed E-state index contributed by atoms with van der Waals surface area (Å²) in [4.78, 5) is 6.55. The summed E-state index contributed by atoms with van der Waals surface area (Å²) in [6.07, 6.45) is 5.81. The molecule has 5 nitrogen and oxygen atoms in total. The van der Waals surface area contributed by atoms with Crippen LogP contribution in [0.15, 0.2) is 23.5 Å². The Hall–Kier alpha value is -1.71. The van der Waals surface area contributed by atoms with Gasteiger partial charge in [0.2, 0.25) is 0 Å². The molecular formula is C9H10ClN5. The number of aromatic nitrogens is 1. The molecule has 0 fully saturated rings. The van der Waals surface area contributed by atoms with E-state index in [0.717, 1.165) is 0 Å². The van der Waals surface area contributed by atoms with Crippen molar-refractivity contribution in [1.29, 1.82) is 0 Å². The standard InChI is InChI=1S/C9H10ClN5/c10-9-7(8(11)4-6-13-9)3-1-2-5-14-15-12/h1,3-4,6H,2,5H2,(H2,11,13). The number of pyridine rings is 1. The molecule has 0 spiro atoms. The molecule has 1 rings (SSSR count). The zero-order valence-electron chi connectivity index (χ0n) is 7.97. The van der Waals surface area contributed by atoms with Crippen LogP contribution in [-0.2, 0) is 0 Å². The first-order valence-electron chi connectivity index (χ1n) is 4.33. The highest BCUT2D eigenvalue weighted by Crippen LogP contribution is 2.20. The number of hydrogen-bond acceptors (Lipinski definition) is 3. The number of halogens is 1. The number of anilines is 1. The fourth-order valence-corrected chi connectivity index (χ4v) is 1.23. The summed E-state index contributed by atoms with van der Waals surface area (Å²) >= 11 is 5.85. The average molecular weight is 224 g/mol. The van der Waals surface area contributed by atoms with E-state index in [0.29, 0.717) is 29.4 Å². The number of hydrogen-bond donors (Lipinski definition) is 1. The topological polar surface area (TPSA) is 87.7 Å². The lowest BCUT2D eigenvalue weighted by atomic mass is 10.2. The van der Waals surface area contributed by atoms with Gasteiger partial charge in [-0.1, -0.05) is 28.9 Å². The molecule has 0 aliphatic heterocycles. The Kier molecular flexibility index (Phi) is 4.47. The maximum atomic E-state index is 8.05. The van der Waals surface area contributed by atoms with Crippen molar-refractivity contribution in [3.63, 3.8) is 0 Å². The minimum atomic E-state index is 0.370. The number of nitrogens with zero attached hydrogens (tertiary/aromatic N) is 4. The van der Waals surface area contributed by atoms with Crippen LogP contribution in [0.2, 0.25) is 5.15 Å². The maximum absolute atomic E-state index is 8.05. The third-order valence-corrected chi connectivity index (χ3v) is 2.02. The highest BCUT2D eigenvalue weighted by atomic mass is 35.5. The second kappa shape index (κ2) is 5.90. The molecule has 6 heteroatoms. The van der Waals surface area contributed by atoms with Gasteiger partial charge in [0, 0.05) is 28.9 Å². The van der Waals surface area contributed by atoms with Crippen LogP contribution in [0, 0.1) is 0 Å². The summed E-state index contributed by atoms with van der Waals surface area (Å²) < 4.78 is 0. The molecule has 0 amide bonds. The molecule has 0 radical (unpaired) electrons. The molecule has 0 saturated carbocycles. The van der Waals surface area contributed by atoms with Gasteiger partial charge < -0.3 is 5.73 Å². The summed E-state index contributed by atoms with van der Waals surface area (Å²) in [6, 6.07) is 1.68. The van der Waals surface area contributed by atoms with Crippen LogP contribution in [0.25, 0.3) is 16.5 Å².